The van der Waals surface area contributed by atoms with E-state index < -0.39 is 5.97 Å². The summed E-state index contributed by atoms with van der Waals surface area (Å²) in [6.07, 6.45) is 6.56. The van der Waals surface area contributed by atoms with E-state index in [1.807, 2.05) is 36.4 Å². The third-order valence-electron chi connectivity index (χ3n) is 7.25. The minimum Gasteiger partial charge on any atom is -0.497 e. The Hall–Kier alpha value is -3.00. The van der Waals surface area contributed by atoms with Crippen LogP contribution in [-0.4, -0.2) is 67.3 Å². The molecule has 4 rings (SSSR count). The smallest absolute Gasteiger partial charge is 0.303 e. The molecule has 37 heavy (non-hydrogen) atoms. The first-order chi connectivity index (χ1) is 18.0. The molecule has 7 nitrogen and oxygen atoms in total. The van der Waals surface area contributed by atoms with Gasteiger partial charge in [0.25, 0.3) is 0 Å². The first-order valence-electron chi connectivity index (χ1n) is 13.1. The Morgan fingerprint density at radius 3 is 2.32 bits per heavy atom. The molecule has 1 aliphatic carbocycles. The summed E-state index contributed by atoms with van der Waals surface area (Å²) < 4.78 is 17.1. The first kappa shape index (κ1) is 27.0. The molecule has 0 bridgehead atoms. The van der Waals surface area contributed by atoms with Gasteiger partial charge in [-0.1, -0.05) is 48.6 Å². The molecule has 0 spiro atoms. The maximum Gasteiger partial charge on any atom is 0.303 e. The number of ether oxygens (including phenoxy) is 3. The molecule has 198 valence electrons. The summed E-state index contributed by atoms with van der Waals surface area (Å²) in [4.78, 5) is 26.1. The fourth-order valence-electron chi connectivity index (χ4n) is 5.28. The molecule has 2 fully saturated rings. The molecule has 0 amide bonds. The van der Waals surface area contributed by atoms with Gasteiger partial charge in [0.15, 0.2) is 5.78 Å². The van der Waals surface area contributed by atoms with Gasteiger partial charge in [-0.2, -0.15) is 0 Å². The number of ketones is 1. The number of benzene rings is 2. The maximum atomic E-state index is 13.1. The number of hydrogen-bond acceptors (Lipinski definition) is 6. The fourth-order valence-corrected chi connectivity index (χ4v) is 5.28. The van der Waals surface area contributed by atoms with E-state index in [0.717, 1.165) is 48.4 Å². The number of Topliss-reactive ketones (excluding diaryl/α,β-unsaturated/α-hetero) is 1. The highest BCUT2D eigenvalue weighted by atomic mass is 16.5. The molecule has 1 saturated heterocycles. The van der Waals surface area contributed by atoms with Crippen molar-refractivity contribution in [3.8, 4) is 16.9 Å². The molecule has 1 aliphatic heterocycles. The minimum atomic E-state index is -0.788. The Morgan fingerprint density at radius 2 is 1.68 bits per heavy atom. The summed E-state index contributed by atoms with van der Waals surface area (Å²) in [5, 5.41) is 8.82. The summed E-state index contributed by atoms with van der Waals surface area (Å²) in [6.45, 7) is 3.29. The fraction of sp³-hybridized carbons (Fsp3) is 0.467. The van der Waals surface area contributed by atoms with Gasteiger partial charge in [0, 0.05) is 31.8 Å². The Labute approximate surface area is 219 Å². The molecule has 7 heteroatoms. The highest BCUT2D eigenvalue weighted by Gasteiger charge is 2.45. The second-order valence-electron chi connectivity index (χ2n) is 9.68. The van der Waals surface area contributed by atoms with Crippen LogP contribution in [0.3, 0.4) is 0 Å². The summed E-state index contributed by atoms with van der Waals surface area (Å²) in [5.74, 6) is 0.402. The van der Waals surface area contributed by atoms with Crippen LogP contribution >= 0.6 is 0 Å². The van der Waals surface area contributed by atoms with Crippen LogP contribution in [0.5, 0.6) is 5.75 Å². The monoisotopic (exact) mass is 507 g/mol. The van der Waals surface area contributed by atoms with Gasteiger partial charge in [0.1, 0.15) is 5.75 Å². The van der Waals surface area contributed by atoms with E-state index in [0.29, 0.717) is 32.7 Å². The van der Waals surface area contributed by atoms with E-state index in [-0.39, 0.29) is 30.3 Å². The van der Waals surface area contributed by atoms with Crippen molar-refractivity contribution in [2.45, 2.75) is 50.9 Å². The van der Waals surface area contributed by atoms with Gasteiger partial charge in [-0.25, -0.2) is 0 Å². The molecule has 2 aromatic carbocycles. The number of morpholine rings is 1. The van der Waals surface area contributed by atoms with Gasteiger partial charge in [-0.3, -0.25) is 14.5 Å². The van der Waals surface area contributed by atoms with Crippen LogP contribution in [0.1, 0.15) is 37.7 Å². The number of carboxylic acid groups (broad SMARTS) is 1. The zero-order chi connectivity index (χ0) is 26.0. The number of carboxylic acids is 1. The van der Waals surface area contributed by atoms with Crippen molar-refractivity contribution in [1.82, 2.24) is 4.90 Å². The first-order valence-corrected chi connectivity index (χ1v) is 13.1. The Balaban J connectivity index is 1.38. The molecule has 0 radical (unpaired) electrons. The number of carbonyl (C=O) groups is 2. The lowest BCUT2D eigenvalue weighted by Gasteiger charge is -2.35. The Kier molecular flexibility index (Phi) is 9.88. The summed E-state index contributed by atoms with van der Waals surface area (Å²) in [6, 6.07) is 16.2. The number of hydrogen-bond donors (Lipinski definition) is 1. The van der Waals surface area contributed by atoms with Gasteiger partial charge in [0.05, 0.1) is 39.1 Å². The molecule has 0 unspecified atom stereocenters. The minimum absolute atomic E-state index is 0.105. The Bertz CT molecular complexity index is 1040. The molecular weight excluding hydrogens is 470 g/mol. The van der Waals surface area contributed by atoms with Crippen LogP contribution in [0, 0.1) is 5.92 Å². The predicted molar refractivity (Wildman–Crippen MR) is 142 cm³/mol. The number of aliphatic carboxylic acids is 1. The van der Waals surface area contributed by atoms with Crippen molar-refractivity contribution in [3.63, 3.8) is 0 Å². The van der Waals surface area contributed by atoms with E-state index in [9.17, 15) is 9.59 Å². The molecule has 3 atom stereocenters. The van der Waals surface area contributed by atoms with E-state index in [4.69, 9.17) is 19.3 Å². The van der Waals surface area contributed by atoms with Gasteiger partial charge in [0.2, 0.25) is 0 Å². The summed E-state index contributed by atoms with van der Waals surface area (Å²) >= 11 is 0. The molecule has 1 saturated carbocycles. The average molecular weight is 508 g/mol. The highest BCUT2D eigenvalue weighted by Crippen LogP contribution is 2.35. The van der Waals surface area contributed by atoms with Crippen molar-refractivity contribution < 1.29 is 28.9 Å². The second-order valence-corrected chi connectivity index (χ2v) is 9.68. The summed E-state index contributed by atoms with van der Waals surface area (Å²) in [5.41, 5.74) is 3.33. The molecular formula is C30H37NO6. The van der Waals surface area contributed by atoms with Crippen LogP contribution in [0.2, 0.25) is 0 Å². The lowest BCUT2D eigenvalue weighted by molar-refractivity contribution is -0.136. The van der Waals surface area contributed by atoms with E-state index in [1.165, 1.54) is 0 Å². The van der Waals surface area contributed by atoms with Crippen LogP contribution < -0.4 is 4.74 Å². The van der Waals surface area contributed by atoms with Crippen LogP contribution in [0.4, 0.5) is 0 Å². The van der Waals surface area contributed by atoms with Crippen LogP contribution in [0.25, 0.3) is 11.1 Å². The topological polar surface area (TPSA) is 85.3 Å². The number of rotatable bonds is 12. The number of carbonyl (C=O) groups excluding carboxylic acids is 1. The van der Waals surface area contributed by atoms with E-state index in [1.54, 1.807) is 7.11 Å². The number of allylic oxidation sites excluding steroid dienone is 2. The van der Waals surface area contributed by atoms with Gasteiger partial charge in [-0.05, 0) is 48.1 Å². The van der Waals surface area contributed by atoms with Crippen molar-refractivity contribution in [3.05, 3.63) is 66.2 Å². The largest absolute Gasteiger partial charge is 0.497 e. The van der Waals surface area contributed by atoms with Crippen LogP contribution in [0.15, 0.2) is 60.7 Å². The van der Waals surface area contributed by atoms with Crippen LogP contribution in [-0.2, 0) is 25.7 Å². The van der Waals surface area contributed by atoms with Gasteiger partial charge >= 0.3 is 5.97 Å². The Morgan fingerprint density at radius 1 is 1.03 bits per heavy atom. The van der Waals surface area contributed by atoms with Gasteiger partial charge < -0.3 is 19.3 Å². The standard InChI is InChI=1S/C30H37NO6/c1-35-25-14-12-24(13-15-25)23-10-8-22(9-11-23)21-37-28-20-27(32)30(31-16-18-36-19-17-31)26(28)6-4-2-3-5-7-29(33)34/h2-3,8-15,26,28,30H,4-7,16-21H2,1H3,(H,33,34)/b3-2-/t26-,28-,30+/m0/s1. The second kappa shape index (κ2) is 13.5. The van der Waals surface area contributed by atoms with Crippen molar-refractivity contribution in [2.75, 3.05) is 33.4 Å². The predicted octanol–water partition coefficient (Wildman–Crippen LogP) is 4.74. The third-order valence-corrected chi connectivity index (χ3v) is 7.25. The average Bonchev–Trinajstić information content (AvgIpc) is 3.24. The highest BCUT2D eigenvalue weighted by molar-refractivity contribution is 5.87. The molecule has 2 aromatic rings. The van der Waals surface area contributed by atoms with Gasteiger partial charge in [-0.15, -0.1) is 0 Å². The van der Waals surface area contributed by atoms with Crippen molar-refractivity contribution in [1.29, 1.82) is 0 Å². The lowest BCUT2D eigenvalue weighted by atomic mass is 9.93. The maximum absolute atomic E-state index is 13.1. The van der Waals surface area contributed by atoms with Crippen molar-refractivity contribution >= 4 is 11.8 Å². The quantitative estimate of drug-likeness (QED) is 0.416. The molecule has 1 N–H and O–H groups in total. The number of nitrogens with zero attached hydrogens (tertiary/aromatic N) is 1. The van der Waals surface area contributed by atoms with Crippen molar-refractivity contribution in [2.24, 2.45) is 5.92 Å². The third kappa shape index (κ3) is 7.51. The van der Waals surface area contributed by atoms with E-state index in [2.05, 4.69) is 29.2 Å². The zero-order valence-corrected chi connectivity index (χ0v) is 21.5. The zero-order valence-electron chi connectivity index (χ0n) is 21.5. The SMILES string of the molecule is COc1ccc(-c2ccc(CO[C@H]3CC(=O)[C@H](N4CCOCC4)[C@H]3CC/C=C\CCC(=O)O)cc2)cc1. The number of methoxy groups -OCH3 is 1. The molecule has 2 aliphatic rings. The van der Waals surface area contributed by atoms with E-state index >= 15 is 0 Å². The summed E-state index contributed by atoms with van der Waals surface area (Å²) in [7, 11) is 1.66. The lowest BCUT2D eigenvalue weighted by Crippen LogP contribution is -2.49. The molecule has 1 heterocycles. The normalized spacial score (nSPS) is 22.5. The molecule has 0 aromatic heterocycles.